The summed E-state index contributed by atoms with van der Waals surface area (Å²) >= 11 is 11.4. The molecule has 0 aromatic heterocycles. The van der Waals surface area contributed by atoms with E-state index in [2.05, 4.69) is 0 Å². The van der Waals surface area contributed by atoms with Crippen molar-refractivity contribution in [2.24, 2.45) is 5.92 Å². The number of hydrogen-bond donors (Lipinski definition) is 0. The molecular weight excluding hydrogens is 312 g/mol. The molecule has 0 bridgehead atoms. The normalized spacial score (nSPS) is 12.4. The van der Waals surface area contributed by atoms with E-state index in [9.17, 15) is 12.8 Å². The molecule has 0 atom stereocenters. The molecule has 0 fully saturated rings. The van der Waals surface area contributed by atoms with Crippen LogP contribution in [-0.2, 0) is 15.9 Å². The van der Waals surface area contributed by atoms with Gasteiger partial charge in [0.25, 0.3) is 0 Å². The summed E-state index contributed by atoms with van der Waals surface area (Å²) in [5.41, 5.74) is 0.0747. The van der Waals surface area contributed by atoms with Crippen LogP contribution in [0, 0.1) is 11.7 Å². The molecule has 0 heterocycles. The SMILES string of the molecule is CC(C)CN(C)S(=O)(=O)c1cc(Cl)cc(CCl)c1F. The third-order valence-electron chi connectivity index (χ3n) is 2.53. The van der Waals surface area contributed by atoms with Gasteiger partial charge in [0.05, 0.1) is 5.88 Å². The zero-order valence-electron chi connectivity index (χ0n) is 11.0. The molecule has 0 aliphatic heterocycles. The second-order valence-corrected chi connectivity index (χ2v) is 7.41. The molecule has 0 radical (unpaired) electrons. The number of halogens is 3. The maximum absolute atomic E-state index is 14.1. The fraction of sp³-hybridized carbons (Fsp3) is 0.500. The van der Waals surface area contributed by atoms with Gasteiger partial charge >= 0.3 is 0 Å². The van der Waals surface area contributed by atoms with Gasteiger partial charge in [0, 0.05) is 24.2 Å². The second kappa shape index (κ2) is 6.39. The van der Waals surface area contributed by atoms with Gasteiger partial charge in [-0.15, -0.1) is 11.6 Å². The van der Waals surface area contributed by atoms with Crippen molar-refractivity contribution in [1.29, 1.82) is 0 Å². The first-order valence-electron chi connectivity index (χ1n) is 5.70. The van der Waals surface area contributed by atoms with Crippen LogP contribution in [0.15, 0.2) is 17.0 Å². The van der Waals surface area contributed by atoms with Crippen LogP contribution in [0.1, 0.15) is 19.4 Å². The summed E-state index contributed by atoms with van der Waals surface area (Å²) in [6.07, 6.45) is 0. The Morgan fingerprint density at radius 2 is 1.95 bits per heavy atom. The third-order valence-corrected chi connectivity index (χ3v) is 4.86. The van der Waals surface area contributed by atoms with Crippen molar-refractivity contribution in [3.63, 3.8) is 0 Å². The first-order valence-corrected chi connectivity index (χ1v) is 8.05. The smallest absolute Gasteiger partial charge is 0.207 e. The summed E-state index contributed by atoms with van der Waals surface area (Å²) in [6, 6.07) is 2.43. The minimum Gasteiger partial charge on any atom is -0.207 e. The molecule has 1 aromatic carbocycles. The van der Waals surface area contributed by atoms with Gasteiger partial charge in [-0.1, -0.05) is 25.4 Å². The van der Waals surface area contributed by atoms with Crippen molar-refractivity contribution in [2.75, 3.05) is 13.6 Å². The Morgan fingerprint density at radius 1 is 1.37 bits per heavy atom. The van der Waals surface area contributed by atoms with E-state index in [0.29, 0.717) is 6.54 Å². The fourth-order valence-electron chi connectivity index (χ4n) is 1.68. The average molecular weight is 328 g/mol. The highest BCUT2D eigenvalue weighted by atomic mass is 35.5. The predicted octanol–water partition coefficient (Wildman–Crippen LogP) is 3.49. The average Bonchev–Trinajstić information content (AvgIpc) is 2.30. The molecule has 3 nitrogen and oxygen atoms in total. The molecule has 0 unspecified atom stereocenters. The number of sulfonamides is 1. The quantitative estimate of drug-likeness (QED) is 0.776. The first-order chi connectivity index (χ1) is 8.70. The number of hydrogen-bond acceptors (Lipinski definition) is 2. The third kappa shape index (κ3) is 3.81. The number of benzene rings is 1. The van der Waals surface area contributed by atoms with Crippen LogP contribution in [0.3, 0.4) is 0 Å². The van der Waals surface area contributed by atoms with Crippen LogP contribution < -0.4 is 0 Å². The van der Waals surface area contributed by atoms with Gasteiger partial charge in [0.1, 0.15) is 10.7 Å². The molecule has 0 aliphatic rings. The minimum atomic E-state index is -3.90. The lowest BCUT2D eigenvalue weighted by atomic mass is 10.2. The van der Waals surface area contributed by atoms with Gasteiger partial charge in [-0.3, -0.25) is 0 Å². The molecule has 0 aliphatic carbocycles. The molecule has 0 amide bonds. The van der Waals surface area contributed by atoms with E-state index in [-0.39, 0.29) is 22.4 Å². The van der Waals surface area contributed by atoms with E-state index < -0.39 is 20.7 Å². The number of nitrogens with zero attached hydrogens (tertiary/aromatic N) is 1. The summed E-state index contributed by atoms with van der Waals surface area (Å²) in [4.78, 5) is -0.432. The Morgan fingerprint density at radius 3 is 2.42 bits per heavy atom. The van der Waals surface area contributed by atoms with E-state index in [1.165, 1.54) is 13.1 Å². The summed E-state index contributed by atoms with van der Waals surface area (Å²) < 4.78 is 39.8. The number of alkyl halides is 1. The predicted molar refractivity (Wildman–Crippen MR) is 75.6 cm³/mol. The van der Waals surface area contributed by atoms with Crippen LogP contribution in [-0.4, -0.2) is 26.3 Å². The van der Waals surface area contributed by atoms with E-state index in [0.717, 1.165) is 10.4 Å². The Kier molecular flexibility index (Phi) is 5.62. The fourth-order valence-corrected chi connectivity index (χ4v) is 3.65. The van der Waals surface area contributed by atoms with Crippen molar-refractivity contribution in [3.8, 4) is 0 Å². The standard InChI is InChI=1S/C12H16Cl2FNO2S/c1-8(2)7-16(3)19(17,18)11-5-10(14)4-9(6-13)12(11)15/h4-5,8H,6-7H2,1-3H3. The zero-order valence-corrected chi connectivity index (χ0v) is 13.3. The first kappa shape index (κ1) is 16.7. The maximum Gasteiger partial charge on any atom is 0.245 e. The monoisotopic (exact) mass is 327 g/mol. The molecule has 0 saturated heterocycles. The van der Waals surface area contributed by atoms with Crippen LogP contribution in [0.5, 0.6) is 0 Å². The van der Waals surface area contributed by atoms with E-state index in [1.807, 2.05) is 13.8 Å². The number of rotatable bonds is 5. The topological polar surface area (TPSA) is 37.4 Å². The second-order valence-electron chi connectivity index (χ2n) is 4.69. The summed E-state index contributed by atoms with van der Waals surface area (Å²) in [7, 11) is -2.49. The molecule has 108 valence electrons. The maximum atomic E-state index is 14.1. The van der Waals surface area contributed by atoms with Crippen LogP contribution >= 0.6 is 23.2 Å². The van der Waals surface area contributed by atoms with E-state index in [1.54, 1.807) is 0 Å². The van der Waals surface area contributed by atoms with Crippen molar-refractivity contribution in [2.45, 2.75) is 24.6 Å². The lowest BCUT2D eigenvalue weighted by molar-refractivity contribution is 0.413. The van der Waals surface area contributed by atoms with Gasteiger partial charge in [-0.25, -0.2) is 17.1 Å². The van der Waals surface area contributed by atoms with E-state index in [4.69, 9.17) is 23.2 Å². The molecule has 19 heavy (non-hydrogen) atoms. The van der Waals surface area contributed by atoms with Crippen molar-refractivity contribution < 1.29 is 12.8 Å². The Hall–Kier alpha value is -0.360. The molecule has 1 rings (SSSR count). The Bertz CT molecular complexity index is 561. The molecule has 0 saturated carbocycles. The highest BCUT2D eigenvalue weighted by molar-refractivity contribution is 7.89. The van der Waals surface area contributed by atoms with Crippen LogP contribution in [0.25, 0.3) is 0 Å². The van der Waals surface area contributed by atoms with Crippen LogP contribution in [0.2, 0.25) is 5.02 Å². The molecular formula is C12H16Cl2FNO2S. The molecule has 1 aromatic rings. The van der Waals surface area contributed by atoms with Crippen molar-refractivity contribution in [3.05, 3.63) is 28.5 Å². The molecule has 0 N–H and O–H groups in total. The molecule has 7 heteroatoms. The Labute approximate surface area is 123 Å². The lowest BCUT2D eigenvalue weighted by Crippen LogP contribution is -2.31. The van der Waals surface area contributed by atoms with E-state index >= 15 is 0 Å². The largest absolute Gasteiger partial charge is 0.245 e. The highest BCUT2D eigenvalue weighted by Crippen LogP contribution is 2.27. The van der Waals surface area contributed by atoms with Gasteiger partial charge in [-0.2, -0.15) is 0 Å². The van der Waals surface area contributed by atoms with Crippen LogP contribution in [0.4, 0.5) is 4.39 Å². The van der Waals surface area contributed by atoms with Crippen molar-refractivity contribution >= 4 is 33.2 Å². The highest BCUT2D eigenvalue weighted by Gasteiger charge is 2.27. The van der Waals surface area contributed by atoms with Gasteiger partial charge in [-0.05, 0) is 18.1 Å². The van der Waals surface area contributed by atoms with Gasteiger partial charge in [0.15, 0.2) is 0 Å². The van der Waals surface area contributed by atoms with Gasteiger partial charge in [0.2, 0.25) is 10.0 Å². The summed E-state index contributed by atoms with van der Waals surface area (Å²) in [5, 5.41) is 0.147. The van der Waals surface area contributed by atoms with Gasteiger partial charge < -0.3 is 0 Å². The zero-order chi connectivity index (χ0) is 14.8. The summed E-state index contributed by atoms with van der Waals surface area (Å²) in [5.74, 6) is -0.840. The Balaban J connectivity index is 3.32. The minimum absolute atomic E-state index is 0.0747. The summed E-state index contributed by atoms with van der Waals surface area (Å²) in [6.45, 7) is 4.06. The van der Waals surface area contributed by atoms with Crippen molar-refractivity contribution in [1.82, 2.24) is 4.31 Å². The lowest BCUT2D eigenvalue weighted by Gasteiger charge is -2.20. The molecule has 0 spiro atoms.